The number of carbonyl (C=O) groups is 1. The second-order valence-corrected chi connectivity index (χ2v) is 6.04. The molecule has 0 spiro atoms. The summed E-state index contributed by atoms with van der Waals surface area (Å²) in [6.45, 7) is 7.43. The number of thiophene rings is 1. The Kier molecular flexibility index (Phi) is 5.08. The molecule has 0 aromatic carbocycles. The van der Waals surface area contributed by atoms with Crippen LogP contribution in [-0.4, -0.2) is 40.9 Å². The zero-order valence-corrected chi connectivity index (χ0v) is 13.1. The average Bonchev–Trinajstić information content (AvgIpc) is 2.76. The molecule has 0 aliphatic heterocycles. The van der Waals surface area contributed by atoms with Gasteiger partial charge >= 0.3 is 5.97 Å². The minimum atomic E-state index is -0.957. The fraction of sp³-hybridized carbons (Fsp3) is 0.500. The van der Waals surface area contributed by atoms with Crippen molar-refractivity contribution in [1.29, 1.82) is 0 Å². The Balaban J connectivity index is 2.11. The van der Waals surface area contributed by atoms with Crippen LogP contribution in [-0.2, 0) is 4.74 Å². The van der Waals surface area contributed by atoms with Gasteiger partial charge in [0.05, 0.1) is 12.0 Å². The second kappa shape index (κ2) is 6.82. The van der Waals surface area contributed by atoms with Crippen molar-refractivity contribution in [3.05, 3.63) is 16.8 Å². The fourth-order valence-electron chi connectivity index (χ4n) is 1.87. The molecule has 0 saturated heterocycles. The van der Waals surface area contributed by atoms with Crippen molar-refractivity contribution in [3.8, 4) is 5.88 Å². The van der Waals surface area contributed by atoms with E-state index >= 15 is 0 Å². The predicted molar refractivity (Wildman–Crippen MR) is 80.3 cm³/mol. The van der Waals surface area contributed by atoms with Crippen molar-refractivity contribution in [2.75, 3.05) is 19.8 Å². The van der Waals surface area contributed by atoms with Crippen molar-refractivity contribution in [3.63, 3.8) is 0 Å². The van der Waals surface area contributed by atoms with Gasteiger partial charge in [-0.25, -0.2) is 14.8 Å². The highest BCUT2D eigenvalue weighted by molar-refractivity contribution is 7.20. The molecule has 0 aliphatic carbocycles. The van der Waals surface area contributed by atoms with E-state index < -0.39 is 5.97 Å². The summed E-state index contributed by atoms with van der Waals surface area (Å²) in [5, 5.41) is 9.83. The van der Waals surface area contributed by atoms with Gasteiger partial charge in [-0.15, -0.1) is 11.3 Å². The maximum absolute atomic E-state index is 11.2. The molecule has 0 aliphatic rings. The molecule has 7 heteroatoms. The van der Waals surface area contributed by atoms with Crippen LogP contribution >= 0.6 is 11.3 Å². The van der Waals surface area contributed by atoms with Gasteiger partial charge in [0.1, 0.15) is 22.6 Å². The number of aryl methyl sites for hydroxylation is 1. The fourth-order valence-corrected chi connectivity index (χ4v) is 2.85. The lowest BCUT2D eigenvalue weighted by Crippen LogP contribution is -2.11. The Morgan fingerprint density at radius 2 is 2.14 bits per heavy atom. The molecule has 0 fully saturated rings. The van der Waals surface area contributed by atoms with E-state index in [0.717, 1.165) is 11.3 Å². The molecule has 0 unspecified atom stereocenters. The average molecular weight is 310 g/mol. The topological polar surface area (TPSA) is 81.5 Å². The number of hydrogen-bond acceptors (Lipinski definition) is 6. The number of rotatable bonds is 7. The first-order valence-corrected chi connectivity index (χ1v) is 7.50. The summed E-state index contributed by atoms with van der Waals surface area (Å²) in [6.07, 6.45) is 1.38. The van der Waals surface area contributed by atoms with Gasteiger partial charge in [0.15, 0.2) is 0 Å². The molecule has 2 aromatic rings. The molecule has 1 N–H and O–H groups in total. The lowest BCUT2D eigenvalue weighted by atomic mass is 10.2. The number of carboxylic acid groups (broad SMARTS) is 1. The van der Waals surface area contributed by atoms with Crippen molar-refractivity contribution in [2.24, 2.45) is 5.92 Å². The molecule has 0 saturated carbocycles. The van der Waals surface area contributed by atoms with Gasteiger partial charge in [-0.1, -0.05) is 13.8 Å². The van der Waals surface area contributed by atoms with E-state index in [-0.39, 0.29) is 4.88 Å². The van der Waals surface area contributed by atoms with Crippen LogP contribution < -0.4 is 4.74 Å². The van der Waals surface area contributed by atoms with E-state index in [9.17, 15) is 4.79 Å². The monoisotopic (exact) mass is 310 g/mol. The Labute approximate surface area is 126 Å². The van der Waals surface area contributed by atoms with Gasteiger partial charge in [-0.2, -0.15) is 0 Å². The molecule has 0 bridgehead atoms. The van der Waals surface area contributed by atoms with Crippen LogP contribution in [0.15, 0.2) is 6.33 Å². The first-order valence-electron chi connectivity index (χ1n) is 6.68. The van der Waals surface area contributed by atoms with Crippen LogP contribution in [0.4, 0.5) is 0 Å². The highest BCUT2D eigenvalue weighted by atomic mass is 32.1. The van der Waals surface area contributed by atoms with E-state index in [0.29, 0.717) is 47.4 Å². The predicted octanol–water partition coefficient (Wildman–Crippen LogP) is 2.75. The largest absolute Gasteiger partial charge is 0.477 e. The third kappa shape index (κ3) is 3.68. The summed E-state index contributed by atoms with van der Waals surface area (Å²) in [7, 11) is 0. The van der Waals surface area contributed by atoms with Crippen LogP contribution in [0.1, 0.15) is 29.1 Å². The molecular weight excluding hydrogens is 292 g/mol. The minimum Gasteiger partial charge on any atom is -0.477 e. The van der Waals surface area contributed by atoms with Crippen molar-refractivity contribution in [2.45, 2.75) is 20.8 Å². The third-order valence-electron chi connectivity index (χ3n) is 2.80. The van der Waals surface area contributed by atoms with Crippen molar-refractivity contribution >= 4 is 27.5 Å². The number of ether oxygens (including phenoxy) is 2. The lowest BCUT2D eigenvalue weighted by molar-refractivity contribution is 0.0701. The Morgan fingerprint density at radius 3 is 2.81 bits per heavy atom. The van der Waals surface area contributed by atoms with E-state index in [1.165, 1.54) is 6.33 Å². The molecule has 2 aromatic heterocycles. The number of fused-ring (bicyclic) bond motifs is 1. The van der Waals surface area contributed by atoms with E-state index in [2.05, 4.69) is 23.8 Å². The molecule has 0 atom stereocenters. The SMILES string of the molecule is Cc1c(C(=O)O)sc2ncnc(OCCOCC(C)C)c12. The summed E-state index contributed by atoms with van der Waals surface area (Å²) in [4.78, 5) is 20.3. The molecule has 2 heterocycles. The summed E-state index contributed by atoms with van der Waals surface area (Å²) >= 11 is 1.13. The van der Waals surface area contributed by atoms with Gasteiger partial charge in [-0.05, 0) is 18.4 Å². The Bertz CT molecular complexity index is 639. The standard InChI is InChI=1S/C14H18N2O4S/c1-8(2)6-19-4-5-20-12-10-9(3)11(14(17)18)21-13(10)16-7-15-12/h7-8H,4-6H2,1-3H3,(H,17,18). The number of aromatic carboxylic acids is 1. The van der Waals surface area contributed by atoms with Gasteiger partial charge < -0.3 is 14.6 Å². The van der Waals surface area contributed by atoms with E-state index in [1.807, 2.05) is 0 Å². The highest BCUT2D eigenvalue weighted by Gasteiger charge is 2.19. The van der Waals surface area contributed by atoms with E-state index in [4.69, 9.17) is 14.6 Å². The van der Waals surface area contributed by atoms with Crippen LogP contribution in [0.3, 0.4) is 0 Å². The zero-order chi connectivity index (χ0) is 15.4. The Morgan fingerprint density at radius 1 is 1.38 bits per heavy atom. The van der Waals surface area contributed by atoms with E-state index in [1.54, 1.807) is 6.92 Å². The summed E-state index contributed by atoms with van der Waals surface area (Å²) in [5.41, 5.74) is 0.640. The maximum Gasteiger partial charge on any atom is 0.346 e. The van der Waals surface area contributed by atoms with Gasteiger partial charge in [-0.3, -0.25) is 0 Å². The normalized spacial score (nSPS) is 11.2. The van der Waals surface area contributed by atoms with Gasteiger partial charge in [0.25, 0.3) is 0 Å². The van der Waals surface area contributed by atoms with Gasteiger partial charge in [0.2, 0.25) is 5.88 Å². The molecular formula is C14H18N2O4S. The lowest BCUT2D eigenvalue weighted by Gasteiger charge is -2.08. The minimum absolute atomic E-state index is 0.270. The molecule has 114 valence electrons. The second-order valence-electron chi connectivity index (χ2n) is 5.04. The van der Waals surface area contributed by atoms with Crippen LogP contribution in [0.25, 0.3) is 10.2 Å². The zero-order valence-electron chi connectivity index (χ0n) is 12.3. The maximum atomic E-state index is 11.2. The number of aromatic nitrogens is 2. The first-order chi connectivity index (χ1) is 10.0. The van der Waals surface area contributed by atoms with Crippen LogP contribution in [0.2, 0.25) is 0 Å². The molecule has 2 rings (SSSR count). The van der Waals surface area contributed by atoms with Crippen molar-refractivity contribution < 1.29 is 19.4 Å². The number of nitrogens with zero attached hydrogens (tertiary/aromatic N) is 2. The van der Waals surface area contributed by atoms with Crippen LogP contribution in [0, 0.1) is 12.8 Å². The number of hydrogen-bond donors (Lipinski definition) is 1. The quantitative estimate of drug-likeness (QED) is 0.792. The summed E-state index contributed by atoms with van der Waals surface area (Å²) < 4.78 is 11.1. The van der Waals surface area contributed by atoms with Crippen LogP contribution in [0.5, 0.6) is 5.88 Å². The third-order valence-corrected chi connectivity index (χ3v) is 3.99. The summed E-state index contributed by atoms with van der Waals surface area (Å²) in [5.74, 6) is -0.0656. The summed E-state index contributed by atoms with van der Waals surface area (Å²) in [6, 6.07) is 0. The molecule has 0 radical (unpaired) electrons. The smallest absolute Gasteiger partial charge is 0.346 e. The molecule has 6 nitrogen and oxygen atoms in total. The first kappa shape index (κ1) is 15.7. The molecule has 21 heavy (non-hydrogen) atoms. The molecule has 0 amide bonds. The van der Waals surface area contributed by atoms with Gasteiger partial charge in [0, 0.05) is 6.61 Å². The van der Waals surface area contributed by atoms with Crippen molar-refractivity contribution in [1.82, 2.24) is 9.97 Å². The number of carboxylic acids is 1. The highest BCUT2D eigenvalue weighted by Crippen LogP contribution is 2.34. The Hall–Kier alpha value is -1.73.